The van der Waals surface area contributed by atoms with Crippen molar-refractivity contribution in [1.82, 2.24) is 24.5 Å². The molecule has 9 nitrogen and oxygen atoms in total. The fourth-order valence-corrected chi connectivity index (χ4v) is 3.80. The van der Waals surface area contributed by atoms with Crippen LogP contribution >= 0.6 is 11.6 Å². The van der Waals surface area contributed by atoms with Crippen molar-refractivity contribution in [3.63, 3.8) is 0 Å². The lowest BCUT2D eigenvalue weighted by Crippen LogP contribution is -2.22. The van der Waals surface area contributed by atoms with Crippen LogP contribution in [0.1, 0.15) is 21.6 Å². The molecule has 0 bridgehead atoms. The van der Waals surface area contributed by atoms with Crippen LogP contribution in [-0.2, 0) is 13.1 Å². The van der Waals surface area contributed by atoms with E-state index in [1.807, 2.05) is 17.0 Å². The summed E-state index contributed by atoms with van der Waals surface area (Å²) in [5.74, 6) is -0.541. The number of aromatic carboxylic acids is 1. The lowest BCUT2D eigenvalue weighted by Gasteiger charge is -2.19. The summed E-state index contributed by atoms with van der Waals surface area (Å²) in [6.45, 7) is 1.10. The van der Waals surface area contributed by atoms with Crippen molar-refractivity contribution in [2.75, 3.05) is 4.90 Å². The van der Waals surface area contributed by atoms with Gasteiger partial charge in [-0.05, 0) is 17.7 Å². The van der Waals surface area contributed by atoms with E-state index in [0.717, 1.165) is 11.3 Å². The third-order valence-electron chi connectivity index (χ3n) is 4.93. The highest BCUT2D eigenvalue weighted by molar-refractivity contribution is 6.33. The number of hydrogen-bond acceptors (Lipinski definition) is 7. The maximum atomic E-state index is 12.8. The summed E-state index contributed by atoms with van der Waals surface area (Å²) in [6.07, 6.45) is 7.37. The minimum atomic E-state index is -1.35. The highest BCUT2D eigenvalue weighted by Gasteiger charge is 2.25. The Morgan fingerprint density at radius 2 is 2.03 bits per heavy atom. The SMILES string of the molecule is O=C(O)c1cn(-c2cnccn2)c2nc(N3Cc4cccnc4C3)c(Cl)cc2c1=O. The van der Waals surface area contributed by atoms with Gasteiger partial charge in [0, 0.05) is 31.3 Å². The molecule has 1 N–H and O–H groups in total. The Bertz CT molecular complexity index is 1350. The summed E-state index contributed by atoms with van der Waals surface area (Å²) in [5.41, 5.74) is 1.18. The number of rotatable bonds is 3. The molecule has 5 heterocycles. The Balaban J connectivity index is 1.75. The van der Waals surface area contributed by atoms with Gasteiger partial charge in [0.15, 0.2) is 17.3 Å². The predicted octanol–water partition coefficient (Wildman–Crippen LogP) is 2.44. The van der Waals surface area contributed by atoms with Gasteiger partial charge in [-0.2, -0.15) is 0 Å². The molecule has 0 unspecified atom stereocenters. The molecule has 1 aliphatic heterocycles. The molecule has 0 saturated heterocycles. The summed E-state index contributed by atoms with van der Waals surface area (Å²) in [7, 11) is 0. The molecule has 0 aliphatic carbocycles. The number of nitrogens with zero attached hydrogens (tertiary/aromatic N) is 6. The van der Waals surface area contributed by atoms with Gasteiger partial charge in [0.1, 0.15) is 5.56 Å². The van der Waals surface area contributed by atoms with E-state index in [1.54, 1.807) is 6.20 Å². The number of halogens is 1. The van der Waals surface area contributed by atoms with Gasteiger partial charge in [-0.3, -0.25) is 19.3 Å². The molecule has 5 rings (SSSR count). The van der Waals surface area contributed by atoms with Crippen molar-refractivity contribution in [2.24, 2.45) is 0 Å². The standard InChI is InChI=1S/C20H13ClN6O3/c21-14-6-12-17(28)13(20(29)30)9-27(16-7-22-4-5-24-16)18(12)25-19(14)26-8-11-2-1-3-23-15(11)10-26/h1-7,9H,8,10H2,(H,29,30). The molecular formula is C20H13ClN6O3. The van der Waals surface area contributed by atoms with Gasteiger partial charge in [0.05, 0.1) is 28.8 Å². The van der Waals surface area contributed by atoms with Gasteiger partial charge < -0.3 is 10.0 Å². The molecule has 0 aromatic carbocycles. The molecule has 1 aliphatic rings. The Labute approximate surface area is 174 Å². The fourth-order valence-electron chi connectivity index (χ4n) is 3.53. The number of anilines is 1. The van der Waals surface area contributed by atoms with Crippen molar-refractivity contribution in [1.29, 1.82) is 0 Å². The van der Waals surface area contributed by atoms with Crippen LogP contribution in [0, 0.1) is 0 Å². The minimum absolute atomic E-state index is 0.0872. The summed E-state index contributed by atoms with van der Waals surface area (Å²) in [5, 5.41) is 9.81. The van der Waals surface area contributed by atoms with Gasteiger partial charge in [-0.1, -0.05) is 17.7 Å². The molecule has 148 valence electrons. The smallest absolute Gasteiger partial charge is 0.341 e. The molecule has 0 radical (unpaired) electrons. The van der Waals surface area contributed by atoms with Gasteiger partial charge in [-0.25, -0.2) is 14.8 Å². The van der Waals surface area contributed by atoms with E-state index in [1.165, 1.54) is 35.4 Å². The van der Waals surface area contributed by atoms with Crippen LogP contribution in [0.4, 0.5) is 5.82 Å². The molecule has 4 aromatic rings. The lowest BCUT2D eigenvalue weighted by atomic mass is 10.2. The van der Waals surface area contributed by atoms with E-state index < -0.39 is 17.0 Å². The molecule has 4 aromatic heterocycles. The fraction of sp³-hybridized carbons (Fsp3) is 0.100. The van der Waals surface area contributed by atoms with Crippen LogP contribution < -0.4 is 10.3 Å². The first-order chi connectivity index (χ1) is 14.5. The quantitative estimate of drug-likeness (QED) is 0.537. The average molecular weight is 421 g/mol. The zero-order valence-electron chi connectivity index (χ0n) is 15.4. The summed E-state index contributed by atoms with van der Waals surface area (Å²) in [4.78, 5) is 43.6. The van der Waals surface area contributed by atoms with Crippen molar-refractivity contribution >= 4 is 34.4 Å². The second-order valence-corrected chi connectivity index (χ2v) is 7.15. The third kappa shape index (κ3) is 2.87. The van der Waals surface area contributed by atoms with Crippen LogP contribution in [0.2, 0.25) is 5.02 Å². The predicted molar refractivity (Wildman–Crippen MR) is 109 cm³/mol. The van der Waals surface area contributed by atoms with Crippen LogP contribution in [0.15, 0.2) is 54.0 Å². The van der Waals surface area contributed by atoms with E-state index in [9.17, 15) is 14.7 Å². The number of hydrogen-bond donors (Lipinski definition) is 1. The van der Waals surface area contributed by atoms with Crippen LogP contribution in [0.25, 0.3) is 16.9 Å². The Kier molecular flexibility index (Phi) is 4.18. The highest BCUT2D eigenvalue weighted by atomic mass is 35.5. The molecule has 30 heavy (non-hydrogen) atoms. The van der Waals surface area contributed by atoms with Gasteiger partial charge in [0.25, 0.3) is 0 Å². The van der Waals surface area contributed by atoms with Gasteiger partial charge in [0.2, 0.25) is 5.43 Å². The molecule has 0 spiro atoms. The van der Waals surface area contributed by atoms with Crippen molar-refractivity contribution in [3.05, 3.63) is 81.3 Å². The first kappa shape index (κ1) is 18.2. The summed E-state index contributed by atoms with van der Waals surface area (Å²) >= 11 is 6.48. The highest BCUT2D eigenvalue weighted by Crippen LogP contribution is 2.33. The van der Waals surface area contributed by atoms with E-state index >= 15 is 0 Å². The van der Waals surface area contributed by atoms with Crippen molar-refractivity contribution in [3.8, 4) is 5.82 Å². The van der Waals surface area contributed by atoms with Crippen LogP contribution in [0.5, 0.6) is 0 Å². The first-order valence-corrected chi connectivity index (χ1v) is 9.34. The lowest BCUT2D eigenvalue weighted by molar-refractivity contribution is 0.0695. The van der Waals surface area contributed by atoms with Crippen molar-refractivity contribution in [2.45, 2.75) is 13.1 Å². The maximum absolute atomic E-state index is 12.8. The van der Waals surface area contributed by atoms with Crippen LogP contribution in [0.3, 0.4) is 0 Å². The number of carbonyl (C=O) groups is 1. The second kappa shape index (κ2) is 6.89. The minimum Gasteiger partial charge on any atom is -0.477 e. The summed E-state index contributed by atoms with van der Waals surface area (Å²) in [6, 6.07) is 5.32. The molecule has 0 saturated carbocycles. The number of fused-ring (bicyclic) bond motifs is 2. The monoisotopic (exact) mass is 420 g/mol. The van der Waals surface area contributed by atoms with Crippen molar-refractivity contribution < 1.29 is 9.90 Å². The zero-order valence-corrected chi connectivity index (χ0v) is 16.1. The Morgan fingerprint density at radius 3 is 2.77 bits per heavy atom. The van der Waals surface area contributed by atoms with E-state index in [2.05, 4.69) is 19.9 Å². The van der Waals surface area contributed by atoms with E-state index in [-0.39, 0.29) is 16.1 Å². The van der Waals surface area contributed by atoms with E-state index in [4.69, 9.17) is 11.6 Å². The molecule has 0 amide bonds. The Morgan fingerprint density at radius 1 is 1.17 bits per heavy atom. The van der Waals surface area contributed by atoms with E-state index in [0.29, 0.717) is 24.7 Å². The summed E-state index contributed by atoms with van der Waals surface area (Å²) < 4.78 is 1.44. The third-order valence-corrected chi connectivity index (χ3v) is 5.20. The largest absolute Gasteiger partial charge is 0.477 e. The number of carboxylic acids is 1. The average Bonchev–Trinajstić information content (AvgIpc) is 3.18. The second-order valence-electron chi connectivity index (χ2n) is 6.74. The number of pyridine rings is 3. The Hall–Kier alpha value is -3.85. The topological polar surface area (TPSA) is 114 Å². The maximum Gasteiger partial charge on any atom is 0.341 e. The molecule has 10 heteroatoms. The molecule has 0 atom stereocenters. The van der Waals surface area contributed by atoms with Gasteiger partial charge >= 0.3 is 5.97 Å². The van der Waals surface area contributed by atoms with Crippen LogP contribution in [-0.4, -0.2) is 35.6 Å². The normalized spacial score (nSPS) is 12.9. The number of carboxylic acid groups (broad SMARTS) is 1. The van der Waals surface area contributed by atoms with Gasteiger partial charge in [-0.15, -0.1) is 0 Å². The first-order valence-electron chi connectivity index (χ1n) is 8.96. The zero-order chi connectivity index (χ0) is 20.8. The molecule has 0 fully saturated rings. The molecular weight excluding hydrogens is 408 g/mol. The number of aromatic nitrogens is 5.